The van der Waals surface area contributed by atoms with Gasteiger partial charge >= 0.3 is 0 Å². The number of hydrogen-bond donors (Lipinski definition) is 2. The fourth-order valence-corrected chi connectivity index (χ4v) is 2.71. The minimum Gasteiger partial charge on any atom is -0.446 e. The normalized spacial score (nSPS) is 11.8. The molecule has 0 saturated carbocycles. The second-order valence-corrected chi connectivity index (χ2v) is 6.84. The summed E-state index contributed by atoms with van der Waals surface area (Å²) in [6.07, 6.45) is 0. The Bertz CT molecular complexity index is 705. The zero-order chi connectivity index (χ0) is 15.5. The van der Waals surface area contributed by atoms with Gasteiger partial charge in [-0.1, -0.05) is 32.0 Å². The van der Waals surface area contributed by atoms with E-state index in [1.807, 2.05) is 18.2 Å². The molecule has 0 amide bonds. The fourth-order valence-electron chi connectivity index (χ4n) is 2.04. The van der Waals surface area contributed by atoms with E-state index in [0.717, 1.165) is 5.69 Å². The Morgan fingerprint density at radius 1 is 1.14 bits per heavy atom. The molecule has 2 aromatic rings. The van der Waals surface area contributed by atoms with Crippen molar-refractivity contribution in [2.75, 3.05) is 12.4 Å². The largest absolute Gasteiger partial charge is 0.446 e. The monoisotopic (exact) mass is 308 g/mol. The van der Waals surface area contributed by atoms with Crippen molar-refractivity contribution in [3.8, 4) is 0 Å². The van der Waals surface area contributed by atoms with Gasteiger partial charge in [-0.05, 0) is 36.7 Å². The lowest BCUT2D eigenvalue weighted by Crippen LogP contribution is -2.17. The molecule has 0 saturated heterocycles. The van der Waals surface area contributed by atoms with E-state index in [1.165, 1.54) is 18.7 Å². The van der Waals surface area contributed by atoms with Crippen molar-refractivity contribution in [1.29, 1.82) is 0 Å². The van der Waals surface area contributed by atoms with Crippen molar-refractivity contribution in [2.24, 2.45) is 0 Å². The molecular formula is C15H20N2O3S. The molecule has 1 aromatic carbocycles. The maximum atomic E-state index is 11.6. The Morgan fingerprint density at radius 2 is 1.86 bits per heavy atom. The van der Waals surface area contributed by atoms with E-state index in [4.69, 9.17) is 4.42 Å². The lowest BCUT2D eigenvalue weighted by molar-refractivity contribution is 0.417. The molecule has 0 aliphatic heterocycles. The molecule has 0 bridgehead atoms. The molecule has 0 aliphatic rings. The number of hydrogen-bond acceptors (Lipinski definition) is 4. The summed E-state index contributed by atoms with van der Waals surface area (Å²) in [7, 11) is -2.17. The van der Waals surface area contributed by atoms with Crippen LogP contribution in [0.15, 0.2) is 45.9 Å². The van der Waals surface area contributed by atoms with E-state index in [2.05, 4.69) is 30.0 Å². The third kappa shape index (κ3) is 3.65. The van der Waals surface area contributed by atoms with Crippen molar-refractivity contribution in [3.05, 3.63) is 47.7 Å². The van der Waals surface area contributed by atoms with Crippen LogP contribution in [-0.2, 0) is 16.6 Å². The Kier molecular flexibility index (Phi) is 4.69. The Hall–Kier alpha value is -1.79. The molecule has 6 heteroatoms. The molecular weight excluding hydrogens is 288 g/mol. The van der Waals surface area contributed by atoms with Crippen LogP contribution in [-0.4, -0.2) is 15.5 Å². The first-order valence-electron chi connectivity index (χ1n) is 6.79. The number of furan rings is 1. The number of benzene rings is 1. The van der Waals surface area contributed by atoms with Gasteiger partial charge in [-0.2, -0.15) is 0 Å². The summed E-state index contributed by atoms with van der Waals surface area (Å²) >= 11 is 0. The lowest BCUT2D eigenvalue weighted by atomic mass is 10.0. The summed E-state index contributed by atoms with van der Waals surface area (Å²) in [5.74, 6) is 0.980. The zero-order valence-corrected chi connectivity index (χ0v) is 13.2. The van der Waals surface area contributed by atoms with Gasteiger partial charge in [0, 0.05) is 5.69 Å². The van der Waals surface area contributed by atoms with E-state index in [1.54, 1.807) is 6.07 Å². The molecule has 2 rings (SSSR count). The molecule has 21 heavy (non-hydrogen) atoms. The summed E-state index contributed by atoms with van der Waals surface area (Å²) in [6.45, 7) is 4.69. The van der Waals surface area contributed by atoms with E-state index in [-0.39, 0.29) is 5.09 Å². The molecule has 0 aliphatic carbocycles. The first-order chi connectivity index (χ1) is 9.94. The molecule has 2 N–H and O–H groups in total. The third-order valence-electron chi connectivity index (χ3n) is 3.21. The highest BCUT2D eigenvalue weighted by atomic mass is 32.2. The van der Waals surface area contributed by atoms with Crippen molar-refractivity contribution in [3.63, 3.8) is 0 Å². The number of sulfonamides is 1. The lowest BCUT2D eigenvalue weighted by Gasteiger charge is -2.13. The quantitative estimate of drug-likeness (QED) is 0.860. The first kappa shape index (κ1) is 15.6. The predicted octanol–water partition coefficient (Wildman–Crippen LogP) is 2.92. The van der Waals surface area contributed by atoms with Gasteiger partial charge in [0.25, 0.3) is 10.0 Å². The number of anilines is 1. The number of nitrogens with one attached hydrogen (secondary N) is 2. The average Bonchev–Trinajstić information content (AvgIpc) is 2.95. The maximum Gasteiger partial charge on any atom is 0.273 e. The van der Waals surface area contributed by atoms with Gasteiger partial charge in [0.15, 0.2) is 0 Å². The van der Waals surface area contributed by atoms with Gasteiger partial charge in [-0.25, -0.2) is 13.1 Å². The SMILES string of the molecule is CNS(=O)(=O)c1ccc(CNc2ccccc2C(C)C)o1. The van der Waals surface area contributed by atoms with Crippen molar-refractivity contribution >= 4 is 15.7 Å². The van der Waals surface area contributed by atoms with Crippen LogP contribution < -0.4 is 10.0 Å². The molecule has 0 unspecified atom stereocenters. The van der Waals surface area contributed by atoms with Gasteiger partial charge in [0.2, 0.25) is 5.09 Å². The summed E-state index contributed by atoms with van der Waals surface area (Å²) in [5.41, 5.74) is 2.24. The smallest absolute Gasteiger partial charge is 0.273 e. The van der Waals surface area contributed by atoms with Crippen LogP contribution in [0.4, 0.5) is 5.69 Å². The van der Waals surface area contributed by atoms with E-state index >= 15 is 0 Å². The maximum absolute atomic E-state index is 11.6. The van der Waals surface area contributed by atoms with E-state index in [9.17, 15) is 8.42 Å². The van der Waals surface area contributed by atoms with Crippen LogP contribution in [0.2, 0.25) is 0 Å². The van der Waals surface area contributed by atoms with Crippen molar-refractivity contribution in [1.82, 2.24) is 4.72 Å². The standard InChI is InChI=1S/C15H20N2O3S/c1-11(2)13-6-4-5-7-14(13)17-10-12-8-9-15(20-12)21(18,19)16-3/h4-9,11,16-17H,10H2,1-3H3. The summed E-state index contributed by atoms with van der Waals surface area (Å²) < 4.78 is 30.8. The van der Waals surface area contributed by atoms with Crippen LogP contribution in [0.25, 0.3) is 0 Å². The summed E-state index contributed by atoms with van der Waals surface area (Å²) in [6, 6.07) is 11.2. The van der Waals surface area contributed by atoms with Gasteiger partial charge < -0.3 is 9.73 Å². The predicted molar refractivity (Wildman–Crippen MR) is 82.8 cm³/mol. The summed E-state index contributed by atoms with van der Waals surface area (Å²) in [4.78, 5) is 0. The highest BCUT2D eigenvalue weighted by Crippen LogP contribution is 2.24. The van der Waals surface area contributed by atoms with Crippen LogP contribution in [0.5, 0.6) is 0 Å². The van der Waals surface area contributed by atoms with E-state index in [0.29, 0.717) is 18.2 Å². The molecule has 114 valence electrons. The second kappa shape index (κ2) is 6.32. The first-order valence-corrected chi connectivity index (χ1v) is 8.27. The topological polar surface area (TPSA) is 71.3 Å². The minimum absolute atomic E-state index is 0.0704. The van der Waals surface area contributed by atoms with Crippen molar-refractivity contribution in [2.45, 2.75) is 31.4 Å². The third-order valence-corrected chi connectivity index (χ3v) is 4.49. The van der Waals surface area contributed by atoms with Crippen LogP contribution >= 0.6 is 0 Å². The highest BCUT2D eigenvalue weighted by molar-refractivity contribution is 7.89. The van der Waals surface area contributed by atoms with Crippen LogP contribution in [0, 0.1) is 0 Å². The zero-order valence-electron chi connectivity index (χ0n) is 12.4. The van der Waals surface area contributed by atoms with Gasteiger partial charge in [-0.3, -0.25) is 0 Å². The van der Waals surface area contributed by atoms with Gasteiger partial charge in [0.05, 0.1) is 6.54 Å². The Labute approximate surface area is 125 Å². The Morgan fingerprint density at radius 3 is 2.52 bits per heavy atom. The average molecular weight is 308 g/mol. The van der Waals surface area contributed by atoms with Crippen LogP contribution in [0.3, 0.4) is 0 Å². The molecule has 1 aromatic heterocycles. The Balaban J connectivity index is 2.11. The molecule has 0 atom stereocenters. The number of rotatable bonds is 6. The molecule has 0 radical (unpaired) electrons. The summed E-state index contributed by atoms with van der Waals surface area (Å²) in [5, 5.41) is 3.21. The minimum atomic E-state index is -3.53. The fraction of sp³-hybridized carbons (Fsp3) is 0.333. The highest BCUT2D eigenvalue weighted by Gasteiger charge is 2.16. The molecule has 0 spiro atoms. The molecule has 1 heterocycles. The van der Waals surface area contributed by atoms with E-state index < -0.39 is 10.0 Å². The van der Waals surface area contributed by atoms with Gasteiger partial charge in [-0.15, -0.1) is 0 Å². The number of para-hydroxylation sites is 1. The molecule has 0 fully saturated rings. The molecule has 5 nitrogen and oxygen atoms in total. The second-order valence-electron chi connectivity index (χ2n) is 5.02. The van der Waals surface area contributed by atoms with Crippen LogP contribution in [0.1, 0.15) is 31.1 Å². The van der Waals surface area contributed by atoms with Gasteiger partial charge in [0.1, 0.15) is 5.76 Å². The van der Waals surface area contributed by atoms with Crippen molar-refractivity contribution < 1.29 is 12.8 Å².